The molecular weight excluding hydrogens is 560 g/mol. The number of hydrogen-bond acceptors (Lipinski definition) is 4. The molecule has 0 bridgehead atoms. The Labute approximate surface area is 216 Å². The lowest BCUT2D eigenvalue weighted by Gasteiger charge is -2.16. The number of nitrogens with zero attached hydrogens (tertiary/aromatic N) is 1. The largest absolute Gasteiger partial charge is 0.493 e. The molecule has 0 saturated heterocycles. The fourth-order valence-corrected chi connectivity index (χ4v) is 3.87. The van der Waals surface area contributed by atoms with E-state index >= 15 is 0 Å². The first-order valence-electron chi connectivity index (χ1n) is 10.3. The van der Waals surface area contributed by atoms with Crippen molar-refractivity contribution >= 4 is 49.5 Å². The highest BCUT2D eigenvalue weighted by molar-refractivity contribution is 9.10. The second-order valence-corrected chi connectivity index (χ2v) is 9.08. The molecule has 34 heavy (non-hydrogen) atoms. The van der Waals surface area contributed by atoms with Crippen molar-refractivity contribution in [3.63, 3.8) is 0 Å². The van der Waals surface area contributed by atoms with Gasteiger partial charge in [0.25, 0.3) is 5.91 Å². The number of carbonyl (C=O) groups is 1. The highest BCUT2D eigenvalue weighted by Crippen LogP contribution is 2.35. The van der Waals surface area contributed by atoms with Gasteiger partial charge in [0.1, 0.15) is 18.2 Å². The number of nitriles is 1. The summed E-state index contributed by atoms with van der Waals surface area (Å²) in [6.45, 7) is 4.19. The van der Waals surface area contributed by atoms with E-state index in [1.807, 2.05) is 42.5 Å². The minimum Gasteiger partial charge on any atom is -0.493 e. The molecule has 0 aliphatic carbocycles. The van der Waals surface area contributed by atoms with Gasteiger partial charge in [0, 0.05) is 20.2 Å². The maximum Gasteiger partial charge on any atom is 0.266 e. The Kier molecular flexibility index (Phi) is 9.08. The number of ether oxygens (including phenoxy) is 2. The number of amides is 1. The van der Waals surface area contributed by atoms with Crippen LogP contribution in [-0.2, 0) is 17.8 Å². The minimum absolute atomic E-state index is 0.0323. The number of halogens is 2. The standard InChI is InChI=1S/C27H22Br2N2O3/c1-3-5-20-12-19(13-21(16-30)27(32)31-24-7-4-6-23(29)15-24)14-25(33-2)26(20)34-17-18-8-10-22(28)11-9-18/h3-4,6-15H,1,5,17H2,2H3,(H,31,32)/b21-13-. The number of carbonyl (C=O) groups excluding carboxylic acids is 1. The fourth-order valence-electron chi connectivity index (χ4n) is 3.21. The van der Waals surface area contributed by atoms with Crippen molar-refractivity contribution in [3.8, 4) is 17.6 Å². The monoisotopic (exact) mass is 580 g/mol. The van der Waals surface area contributed by atoms with Crippen LogP contribution in [0, 0.1) is 11.3 Å². The molecule has 0 aliphatic heterocycles. The van der Waals surface area contributed by atoms with E-state index in [2.05, 4.69) is 43.8 Å². The highest BCUT2D eigenvalue weighted by Gasteiger charge is 2.15. The minimum atomic E-state index is -0.500. The van der Waals surface area contributed by atoms with E-state index in [9.17, 15) is 10.1 Å². The van der Waals surface area contributed by atoms with Gasteiger partial charge in [0.15, 0.2) is 11.5 Å². The van der Waals surface area contributed by atoms with Crippen LogP contribution in [0.15, 0.2) is 87.8 Å². The van der Waals surface area contributed by atoms with Gasteiger partial charge in [-0.25, -0.2) is 0 Å². The third-order valence-corrected chi connectivity index (χ3v) is 5.82. The average molecular weight is 582 g/mol. The van der Waals surface area contributed by atoms with Crippen LogP contribution in [0.2, 0.25) is 0 Å². The average Bonchev–Trinajstić information content (AvgIpc) is 2.82. The number of methoxy groups -OCH3 is 1. The Bertz CT molecular complexity index is 1260. The van der Waals surface area contributed by atoms with Crippen LogP contribution in [0.25, 0.3) is 6.08 Å². The molecule has 0 atom stereocenters. The van der Waals surface area contributed by atoms with E-state index < -0.39 is 5.91 Å². The van der Waals surface area contributed by atoms with E-state index in [0.717, 1.165) is 20.1 Å². The Morgan fingerprint density at radius 3 is 2.53 bits per heavy atom. The van der Waals surface area contributed by atoms with E-state index in [0.29, 0.717) is 35.8 Å². The Morgan fingerprint density at radius 2 is 1.88 bits per heavy atom. The van der Waals surface area contributed by atoms with Crippen LogP contribution < -0.4 is 14.8 Å². The van der Waals surface area contributed by atoms with Gasteiger partial charge in [-0.3, -0.25) is 4.79 Å². The third kappa shape index (κ3) is 6.83. The van der Waals surface area contributed by atoms with Gasteiger partial charge in [-0.15, -0.1) is 6.58 Å². The zero-order valence-corrected chi connectivity index (χ0v) is 21.6. The molecule has 3 aromatic rings. The Morgan fingerprint density at radius 1 is 1.12 bits per heavy atom. The molecule has 0 heterocycles. The summed E-state index contributed by atoms with van der Waals surface area (Å²) >= 11 is 6.80. The molecule has 7 heteroatoms. The van der Waals surface area contributed by atoms with E-state index in [4.69, 9.17) is 9.47 Å². The lowest BCUT2D eigenvalue weighted by molar-refractivity contribution is -0.112. The van der Waals surface area contributed by atoms with Gasteiger partial charge in [-0.05, 0) is 66.1 Å². The number of nitrogens with one attached hydrogen (secondary N) is 1. The molecule has 5 nitrogen and oxygen atoms in total. The van der Waals surface area contributed by atoms with Gasteiger partial charge in [0.05, 0.1) is 7.11 Å². The predicted molar refractivity (Wildman–Crippen MR) is 142 cm³/mol. The van der Waals surface area contributed by atoms with Gasteiger partial charge in [-0.1, -0.05) is 56.1 Å². The van der Waals surface area contributed by atoms with Crippen LogP contribution in [-0.4, -0.2) is 13.0 Å². The topological polar surface area (TPSA) is 71.4 Å². The molecule has 3 aromatic carbocycles. The molecule has 0 saturated carbocycles. The number of anilines is 1. The maximum absolute atomic E-state index is 12.7. The number of rotatable bonds is 9. The maximum atomic E-state index is 12.7. The summed E-state index contributed by atoms with van der Waals surface area (Å²) in [5, 5.41) is 12.4. The molecular formula is C27H22Br2N2O3. The quantitative estimate of drug-likeness (QED) is 0.167. The van der Waals surface area contributed by atoms with Crippen LogP contribution in [0.1, 0.15) is 16.7 Å². The summed E-state index contributed by atoms with van der Waals surface area (Å²) in [7, 11) is 1.55. The summed E-state index contributed by atoms with van der Waals surface area (Å²) in [5.41, 5.74) is 3.04. The van der Waals surface area contributed by atoms with E-state index in [-0.39, 0.29) is 5.57 Å². The van der Waals surface area contributed by atoms with Crippen molar-refractivity contribution in [3.05, 3.63) is 105 Å². The van der Waals surface area contributed by atoms with Crippen LogP contribution >= 0.6 is 31.9 Å². The predicted octanol–water partition coefficient (Wildman–Crippen LogP) is 7.07. The molecule has 0 fully saturated rings. The third-order valence-electron chi connectivity index (χ3n) is 4.79. The second kappa shape index (κ2) is 12.2. The molecule has 0 unspecified atom stereocenters. The summed E-state index contributed by atoms with van der Waals surface area (Å²) in [6, 6.07) is 20.6. The van der Waals surface area contributed by atoms with Gasteiger partial charge >= 0.3 is 0 Å². The molecule has 0 aliphatic rings. The summed E-state index contributed by atoms with van der Waals surface area (Å²) in [6.07, 6.45) is 3.82. The smallest absolute Gasteiger partial charge is 0.266 e. The zero-order valence-electron chi connectivity index (χ0n) is 18.5. The zero-order chi connectivity index (χ0) is 24.5. The van der Waals surface area contributed by atoms with Crippen molar-refractivity contribution < 1.29 is 14.3 Å². The summed E-state index contributed by atoms with van der Waals surface area (Å²) < 4.78 is 13.5. The van der Waals surface area contributed by atoms with Crippen molar-refractivity contribution in [2.24, 2.45) is 0 Å². The number of allylic oxidation sites excluding steroid dienone is 1. The summed E-state index contributed by atoms with van der Waals surface area (Å²) in [5.74, 6) is 0.604. The van der Waals surface area contributed by atoms with E-state index in [1.165, 1.54) is 6.08 Å². The van der Waals surface area contributed by atoms with Gasteiger partial charge in [-0.2, -0.15) is 5.26 Å². The van der Waals surface area contributed by atoms with Crippen molar-refractivity contribution in [2.45, 2.75) is 13.0 Å². The molecule has 0 aromatic heterocycles. The first kappa shape index (κ1) is 25.3. The molecule has 1 N–H and O–H groups in total. The molecule has 0 radical (unpaired) electrons. The van der Waals surface area contributed by atoms with Crippen molar-refractivity contribution in [2.75, 3.05) is 12.4 Å². The lowest BCUT2D eigenvalue weighted by Crippen LogP contribution is -2.13. The van der Waals surface area contributed by atoms with E-state index in [1.54, 1.807) is 37.5 Å². The normalized spacial score (nSPS) is 10.8. The van der Waals surface area contributed by atoms with Crippen LogP contribution in [0.5, 0.6) is 11.5 Å². The second-order valence-electron chi connectivity index (χ2n) is 7.25. The van der Waals surface area contributed by atoms with Crippen molar-refractivity contribution in [1.29, 1.82) is 5.26 Å². The van der Waals surface area contributed by atoms with Crippen LogP contribution in [0.3, 0.4) is 0 Å². The lowest BCUT2D eigenvalue weighted by atomic mass is 10.0. The summed E-state index contributed by atoms with van der Waals surface area (Å²) in [4.78, 5) is 12.7. The first-order chi connectivity index (χ1) is 16.4. The fraction of sp³-hybridized carbons (Fsp3) is 0.111. The van der Waals surface area contributed by atoms with Crippen molar-refractivity contribution in [1.82, 2.24) is 0 Å². The highest BCUT2D eigenvalue weighted by atomic mass is 79.9. The Balaban J connectivity index is 1.89. The molecule has 1 amide bonds. The molecule has 3 rings (SSSR count). The van der Waals surface area contributed by atoms with Crippen LogP contribution in [0.4, 0.5) is 5.69 Å². The first-order valence-corrected chi connectivity index (χ1v) is 11.9. The number of hydrogen-bond donors (Lipinski definition) is 1. The SMILES string of the molecule is C=CCc1cc(/C=C(/C#N)C(=O)Nc2cccc(Br)c2)cc(OC)c1OCc1ccc(Br)cc1. The van der Waals surface area contributed by atoms with Gasteiger partial charge < -0.3 is 14.8 Å². The molecule has 0 spiro atoms. The Hall–Kier alpha value is -3.34. The molecule has 172 valence electrons. The number of benzene rings is 3. The van der Waals surface area contributed by atoms with Gasteiger partial charge in [0.2, 0.25) is 0 Å².